The Labute approximate surface area is 142 Å². The van der Waals surface area contributed by atoms with Crippen LogP contribution in [0.5, 0.6) is 0 Å². The fraction of sp³-hybridized carbons (Fsp3) is 0.500. The first kappa shape index (κ1) is 18.0. The van der Waals surface area contributed by atoms with Crippen molar-refractivity contribution in [3.05, 3.63) is 29.8 Å². The predicted octanol–water partition coefficient (Wildman–Crippen LogP) is 2.64. The molecular formula is C18H25N3O3. The summed E-state index contributed by atoms with van der Waals surface area (Å²) in [6.45, 7) is 1.91. The average Bonchev–Trinajstić information content (AvgIpc) is 2.59. The van der Waals surface area contributed by atoms with E-state index in [4.69, 9.17) is 0 Å². The maximum Gasteiger partial charge on any atom is 0.322 e. The van der Waals surface area contributed by atoms with Crippen molar-refractivity contribution in [1.82, 2.24) is 9.80 Å². The highest BCUT2D eigenvalue weighted by Crippen LogP contribution is 2.27. The molecule has 0 unspecified atom stereocenters. The Hall–Kier alpha value is -2.37. The summed E-state index contributed by atoms with van der Waals surface area (Å²) in [6, 6.07) is 7.92. The number of carbonyl (C=O) groups is 3. The number of hydrogen-bond acceptors (Lipinski definition) is 3. The van der Waals surface area contributed by atoms with Crippen LogP contribution in [0.3, 0.4) is 0 Å². The Morgan fingerprint density at radius 1 is 1.25 bits per heavy atom. The van der Waals surface area contributed by atoms with Crippen molar-refractivity contribution in [3.8, 4) is 0 Å². The molecule has 24 heavy (non-hydrogen) atoms. The highest BCUT2D eigenvalue weighted by atomic mass is 16.2. The Morgan fingerprint density at radius 3 is 2.67 bits per heavy atom. The maximum absolute atomic E-state index is 12.3. The first-order valence-corrected chi connectivity index (χ1v) is 8.06. The summed E-state index contributed by atoms with van der Waals surface area (Å²) in [4.78, 5) is 38.3. The topological polar surface area (TPSA) is 69.7 Å². The molecule has 1 fully saturated rings. The monoisotopic (exact) mass is 331 g/mol. The fourth-order valence-electron chi connectivity index (χ4n) is 3.28. The van der Waals surface area contributed by atoms with Crippen molar-refractivity contribution in [2.24, 2.45) is 0 Å². The minimum Gasteiger partial charge on any atom is -0.343 e. The molecule has 0 saturated carbocycles. The molecule has 0 aliphatic carbocycles. The number of benzene rings is 1. The lowest BCUT2D eigenvalue weighted by molar-refractivity contribution is -0.133. The number of para-hydroxylation sites is 1. The number of nitrogens with zero attached hydrogens (tertiary/aromatic N) is 2. The van der Waals surface area contributed by atoms with Crippen LogP contribution in [0.2, 0.25) is 0 Å². The average molecular weight is 331 g/mol. The Kier molecular flexibility index (Phi) is 5.95. The normalized spacial score (nSPS) is 17.6. The molecule has 1 N–H and O–H groups in total. The number of anilines is 1. The van der Waals surface area contributed by atoms with Crippen molar-refractivity contribution in [2.45, 2.75) is 45.7 Å². The van der Waals surface area contributed by atoms with Gasteiger partial charge in [0.2, 0.25) is 5.91 Å². The van der Waals surface area contributed by atoms with E-state index in [1.807, 2.05) is 29.2 Å². The molecule has 0 aromatic heterocycles. The summed E-state index contributed by atoms with van der Waals surface area (Å²) in [5.74, 6) is 0.0315. The minimum absolute atomic E-state index is 0. The van der Waals surface area contributed by atoms with E-state index in [0.717, 1.165) is 30.4 Å². The summed E-state index contributed by atoms with van der Waals surface area (Å²) in [5.41, 5.74) is 2.01. The first-order valence-electron chi connectivity index (χ1n) is 8.06. The summed E-state index contributed by atoms with van der Waals surface area (Å²) in [6.07, 6.45) is 2.90. The van der Waals surface area contributed by atoms with Crippen molar-refractivity contribution in [2.75, 3.05) is 18.4 Å². The molecule has 0 spiro atoms. The highest BCUT2D eigenvalue weighted by molar-refractivity contribution is 5.92. The van der Waals surface area contributed by atoms with Gasteiger partial charge in [0.15, 0.2) is 0 Å². The van der Waals surface area contributed by atoms with E-state index in [0.29, 0.717) is 19.6 Å². The van der Waals surface area contributed by atoms with Gasteiger partial charge in [0.25, 0.3) is 0 Å². The van der Waals surface area contributed by atoms with Crippen LogP contribution in [-0.4, -0.2) is 47.2 Å². The molecule has 2 aliphatic rings. The van der Waals surface area contributed by atoms with E-state index in [1.165, 1.54) is 0 Å². The van der Waals surface area contributed by atoms with Gasteiger partial charge >= 0.3 is 6.03 Å². The highest BCUT2D eigenvalue weighted by Gasteiger charge is 2.32. The molecule has 1 aromatic rings. The van der Waals surface area contributed by atoms with Crippen molar-refractivity contribution in [3.63, 3.8) is 0 Å². The number of fused-ring (bicyclic) bond motifs is 1. The Morgan fingerprint density at radius 2 is 1.96 bits per heavy atom. The fourth-order valence-corrected chi connectivity index (χ4v) is 3.28. The molecule has 2 heterocycles. The van der Waals surface area contributed by atoms with Gasteiger partial charge < -0.3 is 19.9 Å². The number of nitrogens with one attached hydrogen (secondary N) is 1. The van der Waals surface area contributed by atoms with E-state index >= 15 is 0 Å². The lowest BCUT2D eigenvalue weighted by Crippen LogP contribution is -2.51. The molecule has 3 amide bonds. The van der Waals surface area contributed by atoms with Crippen LogP contribution in [0.1, 0.15) is 38.7 Å². The molecule has 0 radical (unpaired) electrons. The predicted molar refractivity (Wildman–Crippen MR) is 92.6 cm³/mol. The van der Waals surface area contributed by atoms with Crippen LogP contribution >= 0.6 is 0 Å². The van der Waals surface area contributed by atoms with Crippen molar-refractivity contribution in [1.29, 1.82) is 0 Å². The van der Waals surface area contributed by atoms with Gasteiger partial charge in [-0.25, -0.2) is 4.79 Å². The second kappa shape index (κ2) is 7.95. The number of amides is 3. The van der Waals surface area contributed by atoms with E-state index in [9.17, 15) is 14.4 Å². The van der Waals surface area contributed by atoms with Gasteiger partial charge in [-0.05, 0) is 24.5 Å². The zero-order valence-corrected chi connectivity index (χ0v) is 13.0. The quantitative estimate of drug-likeness (QED) is 0.862. The molecule has 6 nitrogen and oxygen atoms in total. The van der Waals surface area contributed by atoms with Crippen molar-refractivity contribution >= 4 is 23.9 Å². The van der Waals surface area contributed by atoms with Crippen LogP contribution in [0.25, 0.3) is 0 Å². The van der Waals surface area contributed by atoms with E-state index in [1.54, 1.807) is 4.90 Å². The van der Waals surface area contributed by atoms with Gasteiger partial charge in [-0.3, -0.25) is 4.79 Å². The first-order chi connectivity index (χ1) is 11.2. The third-order valence-corrected chi connectivity index (χ3v) is 4.59. The number of carbonyl (C=O) groups excluding carboxylic acids is 3. The number of urea groups is 1. The van der Waals surface area contributed by atoms with Crippen LogP contribution in [0, 0.1) is 0 Å². The van der Waals surface area contributed by atoms with E-state index < -0.39 is 0 Å². The number of rotatable bonds is 4. The number of aldehydes is 1. The lowest BCUT2D eigenvalue weighted by atomic mass is 10.0. The standard InChI is InChI=1S/C17H21N3O3.CH4/c21-11-3-6-16(22)19-9-7-14(8-10-19)20-12-13-4-1-2-5-15(13)18-17(20)23;/h1-2,4-5,11,14H,3,6-10,12H2,(H,18,23);1H4. The molecule has 0 bridgehead atoms. The molecule has 6 heteroatoms. The summed E-state index contributed by atoms with van der Waals surface area (Å²) >= 11 is 0. The zero-order chi connectivity index (χ0) is 16.2. The molecule has 1 saturated heterocycles. The third kappa shape index (κ3) is 3.75. The van der Waals surface area contributed by atoms with Crippen LogP contribution in [-0.2, 0) is 16.1 Å². The number of likely N-dealkylation sites (tertiary alicyclic amines) is 1. The van der Waals surface area contributed by atoms with Crippen LogP contribution < -0.4 is 5.32 Å². The third-order valence-electron chi connectivity index (χ3n) is 4.59. The summed E-state index contributed by atoms with van der Waals surface area (Å²) in [5, 5.41) is 2.94. The van der Waals surface area contributed by atoms with Crippen molar-refractivity contribution < 1.29 is 14.4 Å². The smallest absolute Gasteiger partial charge is 0.322 e. The SMILES string of the molecule is C.O=CCCC(=O)N1CCC(N2Cc3ccccc3NC2=O)CC1. The number of hydrogen-bond donors (Lipinski definition) is 1. The van der Waals surface area contributed by atoms with Gasteiger partial charge in [-0.1, -0.05) is 25.6 Å². The summed E-state index contributed by atoms with van der Waals surface area (Å²) < 4.78 is 0. The number of piperidine rings is 1. The van der Waals surface area contributed by atoms with Gasteiger partial charge in [0.05, 0.1) is 0 Å². The van der Waals surface area contributed by atoms with Gasteiger partial charge in [0, 0.05) is 44.2 Å². The van der Waals surface area contributed by atoms with Gasteiger partial charge in [-0.2, -0.15) is 0 Å². The summed E-state index contributed by atoms with van der Waals surface area (Å²) in [7, 11) is 0. The van der Waals surface area contributed by atoms with Crippen LogP contribution in [0.4, 0.5) is 10.5 Å². The maximum atomic E-state index is 12.3. The molecule has 1 aromatic carbocycles. The van der Waals surface area contributed by atoms with E-state index in [2.05, 4.69) is 5.32 Å². The second-order valence-electron chi connectivity index (χ2n) is 6.03. The largest absolute Gasteiger partial charge is 0.343 e. The minimum atomic E-state index is -0.0607. The second-order valence-corrected chi connectivity index (χ2v) is 6.03. The molecule has 3 rings (SSSR count). The molecule has 130 valence electrons. The van der Waals surface area contributed by atoms with E-state index in [-0.39, 0.29) is 38.2 Å². The Balaban J connectivity index is 0.00000208. The van der Waals surface area contributed by atoms with Gasteiger partial charge in [0.1, 0.15) is 6.29 Å². The van der Waals surface area contributed by atoms with Crippen LogP contribution in [0.15, 0.2) is 24.3 Å². The molecule has 2 aliphatic heterocycles. The molecule has 0 atom stereocenters. The van der Waals surface area contributed by atoms with Gasteiger partial charge in [-0.15, -0.1) is 0 Å². The molecular weight excluding hydrogens is 306 g/mol. The lowest BCUT2D eigenvalue weighted by Gasteiger charge is -2.40. The Bertz CT molecular complexity index is 609. The zero-order valence-electron chi connectivity index (χ0n) is 13.0.